The number of allylic oxidation sites excluding steroid dienone is 1. The smallest absolute Gasteiger partial charge is 0.119 e. The van der Waals surface area contributed by atoms with Crippen molar-refractivity contribution in [2.75, 3.05) is 7.11 Å². The number of hydrogen-bond acceptors (Lipinski definition) is 3. The summed E-state index contributed by atoms with van der Waals surface area (Å²) in [5.74, 6) is 0.827. The number of methoxy groups -OCH3 is 1. The quantitative estimate of drug-likeness (QED) is 0.659. The fraction of sp³-hybridized carbons (Fsp3) is 0.143. The second-order valence-electron chi connectivity index (χ2n) is 5.74. The molecule has 4 nitrogen and oxygen atoms in total. The van der Waals surface area contributed by atoms with Gasteiger partial charge in [0.25, 0.3) is 0 Å². The van der Waals surface area contributed by atoms with E-state index >= 15 is 0 Å². The van der Waals surface area contributed by atoms with E-state index in [1.165, 1.54) is 0 Å². The highest BCUT2D eigenvalue weighted by atomic mass is 16.5. The van der Waals surface area contributed by atoms with Crippen molar-refractivity contribution in [3.05, 3.63) is 77.4 Å². The van der Waals surface area contributed by atoms with Crippen LogP contribution in [0.25, 0.3) is 17.3 Å². The summed E-state index contributed by atoms with van der Waals surface area (Å²) in [6.07, 6.45) is 3.59. The first-order valence-corrected chi connectivity index (χ1v) is 8.00. The van der Waals surface area contributed by atoms with Gasteiger partial charge in [-0.3, -0.25) is 4.98 Å². The Morgan fingerprint density at radius 3 is 2.52 bits per heavy atom. The number of aryl methyl sites for hydroxylation is 1. The van der Waals surface area contributed by atoms with E-state index in [9.17, 15) is 5.26 Å². The van der Waals surface area contributed by atoms with Crippen LogP contribution in [0.1, 0.15) is 22.6 Å². The monoisotopic (exact) mass is 329 g/mol. The summed E-state index contributed by atoms with van der Waals surface area (Å²) in [4.78, 5) is 4.27. The Labute approximate surface area is 147 Å². The van der Waals surface area contributed by atoms with Crippen molar-refractivity contribution in [1.29, 1.82) is 5.26 Å². The van der Waals surface area contributed by atoms with E-state index in [0.29, 0.717) is 11.3 Å². The highest BCUT2D eigenvalue weighted by Gasteiger charge is 2.11. The number of ether oxygens (including phenoxy) is 1. The molecule has 0 spiro atoms. The van der Waals surface area contributed by atoms with Crippen molar-refractivity contribution < 1.29 is 4.74 Å². The maximum Gasteiger partial charge on any atom is 0.119 e. The van der Waals surface area contributed by atoms with Gasteiger partial charge in [0.1, 0.15) is 11.8 Å². The van der Waals surface area contributed by atoms with Crippen LogP contribution in [0, 0.1) is 25.2 Å². The summed E-state index contributed by atoms with van der Waals surface area (Å²) in [6, 6.07) is 17.8. The molecular formula is C21H19N3O. The molecule has 0 bridgehead atoms. The van der Waals surface area contributed by atoms with Gasteiger partial charge in [0.15, 0.2) is 0 Å². The molecule has 0 saturated heterocycles. The molecule has 0 aliphatic rings. The number of nitriles is 1. The Morgan fingerprint density at radius 2 is 1.92 bits per heavy atom. The third kappa shape index (κ3) is 3.31. The lowest BCUT2D eigenvalue weighted by atomic mass is 10.1. The topological polar surface area (TPSA) is 50.8 Å². The van der Waals surface area contributed by atoms with Crippen LogP contribution in [0.2, 0.25) is 0 Å². The zero-order valence-electron chi connectivity index (χ0n) is 14.5. The molecule has 0 unspecified atom stereocenters. The highest BCUT2D eigenvalue weighted by Crippen LogP contribution is 2.25. The summed E-state index contributed by atoms with van der Waals surface area (Å²) in [5, 5.41) is 9.50. The lowest BCUT2D eigenvalue weighted by Gasteiger charge is -2.10. The minimum atomic E-state index is 0.551. The highest BCUT2D eigenvalue weighted by molar-refractivity contribution is 5.88. The maximum atomic E-state index is 9.50. The Morgan fingerprint density at radius 1 is 1.16 bits per heavy atom. The standard InChI is InChI=1S/C21H19N3O/c1-15-12-17(13-18(14-22)21-6-4-5-11-23-21)16(2)24(15)19-7-9-20(25-3)10-8-19/h4-13H,1-3H3/b18-13+. The summed E-state index contributed by atoms with van der Waals surface area (Å²) in [7, 11) is 1.66. The molecule has 3 rings (SSSR count). The Kier molecular flexibility index (Phi) is 4.67. The molecule has 0 aliphatic heterocycles. The van der Waals surface area contributed by atoms with E-state index in [1.807, 2.05) is 48.5 Å². The van der Waals surface area contributed by atoms with Gasteiger partial charge in [-0.05, 0) is 68.0 Å². The molecule has 124 valence electrons. The Hall–Kier alpha value is -3.32. The SMILES string of the molecule is COc1ccc(-n2c(C)cc(/C=C(\C#N)c3ccccn3)c2C)cc1. The molecule has 0 N–H and O–H groups in total. The third-order valence-electron chi connectivity index (χ3n) is 4.16. The first-order valence-electron chi connectivity index (χ1n) is 8.00. The van der Waals surface area contributed by atoms with Crippen molar-refractivity contribution in [3.8, 4) is 17.5 Å². The molecule has 4 heteroatoms. The van der Waals surface area contributed by atoms with Crippen LogP contribution in [-0.4, -0.2) is 16.7 Å². The number of pyridine rings is 1. The number of aromatic nitrogens is 2. The summed E-state index contributed by atoms with van der Waals surface area (Å²) >= 11 is 0. The normalized spacial score (nSPS) is 11.2. The third-order valence-corrected chi connectivity index (χ3v) is 4.16. The van der Waals surface area contributed by atoms with Crippen LogP contribution in [0.3, 0.4) is 0 Å². The molecule has 0 amide bonds. The molecule has 0 aliphatic carbocycles. The van der Waals surface area contributed by atoms with Gasteiger partial charge in [-0.1, -0.05) is 6.07 Å². The fourth-order valence-corrected chi connectivity index (χ4v) is 2.90. The minimum absolute atomic E-state index is 0.551. The molecule has 0 radical (unpaired) electrons. The molecule has 2 heterocycles. The van der Waals surface area contributed by atoms with Gasteiger partial charge < -0.3 is 9.30 Å². The summed E-state index contributed by atoms with van der Waals surface area (Å²) in [5.41, 5.74) is 5.48. The molecule has 2 aromatic heterocycles. The molecular weight excluding hydrogens is 310 g/mol. The zero-order chi connectivity index (χ0) is 17.8. The van der Waals surface area contributed by atoms with E-state index in [-0.39, 0.29) is 0 Å². The molecule has 0 fully saturated rings. The lowest BCUT2D eigenvalue weighted by molar-refractivity contribution is 0.414. The average molecular weight is 329 g/mol. The number of hydrogen-bond donors (Lipinski definition) is 0. The van der Waals surface area contributed by atoms with Crippen molar-refractivity contribution in [1.82, 2.24) is 9.55 Å². The Bertz CT molecular complexity index is 945. The largest absolute Gasteiger partial charge is 0.497 e. The summed E-state index contributed by atoms with van der Waals surface area (Å²) in [6.45, 7) is 4.11. The fourth-order valence-electron chi connectivity index (χ4n) is 2.90. The Balaban J connectivity index is 2.05. The molecule has 0 atom stereocenters. The van der Waals surface area contributed by atoms with Gasteiger partial charge >= 0.3 is 0 Å². The predicted octanol–water partition coefficient (Wildman–Crippen LogP) is 4.56. The first kappa shape index (κ1) is 16.5. The van der Waals surface area contributed by atoms with E-state index in [2.05, 4.69) is 35.5 Å². The first-order chi connectivity index (χ1) is 12.1. The van der Waals surface area contributed by atoms with E-state index in [4.69, 9.17) is 4.74 Å². The van der Waals surface area contributed by atoms with Crippen molar-refractivity contribution in [2.45, 2.75) is 13.8 Å². The van der Waals surface area contributed by atoms with Crippen LogP contribution >= 0.6 is 0 Å². The summed E-state index contributed by atoms with van der Waals surface area (Å²) < 4.78 is 7.39. The minimum Gasteiger partial charge on any atom is -0.497 e. The molecule has 0 saturated carbocycles. The second-order valence-corrected chi connectivity index (χ2v) is 5.74. The average Bonchev–Trinajstić information content (AvgIpc) is 2.94. The maximum absolute atomic E-state index is 9.50. The van der Waals surface area contributed by atoms with E-state index in [1.54, 1.807) is 13.3 Å². The van der Waals surface area contributed by atoms with Crippen LogP contribution in [0.5, 0.6) is 5.75 Å². The van der Waals surface area contributed by atoms with Crippen LogP contribution < -0.4 is 4.74 Å². The molecule has 1 aromatic carbocycles. The number of rotatable bonds is 4. The lowest BCUT2D eigenvalue weighted by Crippen LogP contribution is -1.99. The second kappa shape index (κ2) is 7.06. The van der Waals surface area contributed by atoms with Crippen LogP contribution in [-0.2, 0) is 0 Å². The van der Waals surface area contributed by atoms with Gasteiger partial charge in [0, 0.05) is 23.3 Å². The molecule has 3 aromatic rings. The number of nitrogens with zero attached hydrogens (tertiary/aromatic N) is 3. The molecule has 25 heavy (non-hydrogen) atoms. The van der Waals surface area contributed by atoms with Crippen LogP contribution in [0.4, 0.5) is 0 Å². The van der Waals surface area contributed by atoms with E-state index < -0.39 is 0 Å². The number of benzene rings is 1. The predicted molar refractivity (Wildman–Crippen MR) is 99.5 cm³/mol. The van der Waals surface area contributed by atoms with Gasteiger partial charge in [-0.25, -0.2) is 0 Å². The van der Waals surface area contributed by atoms with Gasteiger partial charge in [0.05, 0.1) is 18.4 Å². The van der Waals surface area contributed by atoms with Gasteiger partial charge in [0.2, 0.25) is 0 Å². The van der Waals surface area contributed by atoms with Crippen molar-refractivity contribution in [3.63, 3.8) is 0 Å². The van der Waals surface area contributed by atoms with Gasteiger partial charge in [-0.15, -0.1) is 0 Å². The van der Waals surface area contributed by atoms with Gasteiger partial charge in [-0.2, -0.15) is 5.26 Å². The van der Waals surface area contributed by atoms with Crippen molar-refractivity contribution >= 4 is 11.6 Å². The van der Waals surface area contributed by atoms with E-state index in [0.717, 1.165) is 28.4 Å². The zero-order valence-corrected chi connectivity index (χ0v) is 14.5. The van der Waals surface area contributed by atoms with Crippen LogP contribution in [0.15, 0.2) is 54.7 Å². The van der Waals surface area contributed by atoms with Crippen molar-refractivity contribution in [2.24, 2.45) is 0 Å².